The van der Waals surface area contributed by atoms with E-state index in [-0.39, 0.29) is 5.91 Å². The third-order valence-corrected chi connectivity index (χ3v) is 3.27. The van der Waals surface area contributed by atoms with Gasteiger partial charge in [-0.05, 0) is 23.9 Å². The fraction of sp³-hybridized carbons (Fsp3) is 0.250. The number of aromatic nitrogens is 1. The standard InChI is InChI=1S/C12H14N2OS/c1-14-7-5-10(9-14)12(15)13-6-4-11-3-2-8-16-11/h2-3,5,7-9H,4,6H2,1H3,(H,13,15). The minimum Gasteiger partial charge on any atom is -0.356 e. The molecule has 0 aliphatic heterocycles. The molecule has 0 fully saturated rings. The number of nitrogens with one attached hydrogen (secondary N) is 1. The highest BCUT2D eigenvalue weighted by atomic mass is 32.1. The average molecular weight is 234 g/mol. The molecule has 16 heavy (non-hydrogen) atoms. The van der Waals surface area contributed by atoms with Crippen LogP contribution in [0.5, 0.6) is 0 Å². The van der Waals surface area contributed by atoms with Crippen LogP contribution in [0, 0.1) is 0 Å². The largest absolute Gasteiger partial charge is 0.356 e. The average Bonchev–Trinajstić information content (AvgIpc) is 2.89. The Morgan fingerprint density at radius 1 is 1.50 bits per heavy atom. The van der Waals surface area contributed by atoms with Gasteiger partial charge in [-0.25, -0.2) is 0 Å². The predicted octanol–water partition coefficient (Wildman–Crippen LogP) is 2.06. The number of amides is 1. The lowest BCUT2D eigenvalue weighted by atomic mass is 10.3. The van der Waals surface area contributed by atoms with Crippen LogP contribution in [0.1, 0.15) is 15.2 Å². The summed E-state index contributed by atoms with van der Waals surface area (Å²) in [5, 5.41) is 4.95. The van der Waals surface area contributed by atoms with Crippen molar-refractivity contribution in [3.63, 3.8) is 0 Å². The number of hydrogen-bond acceptors (Lipinski definition) is 2. The van der Waals surface area contributed by atoms with E-state index in [1.54, 1.807) is 11.3 Å². The summed E-state index contributed by atoms with van der Waals surface area (Å²) in [5.74, 6) is -0.00263. The van der Waals surface area contributed by atoms with E-state index in [0.717, 1.165) is 6.42 Å². The molecule has 4 heteroatoms. The normalized spacial score (nSPS) is 10.3. The molecule has 2 rings (SSSR count). The summed E-state index contributed by atoms with van der Waals surface area (Å²) in [5.41, 5.74) is 0.716. The summed E-state index contributed by atoms with van der Waals surface area (Å²) in [6.45, 7) is 0.689. The van der Waals surface area contributed by atoms with Gasteiger partial charge >= 0.3 is 0 Å². The summed E-state index contributed by atoms with van der Waals surface area (Å²) in [7, 11) is 1.91. The van der Waals surface area contributed by atoms with Crippen molar-refractivity contribution in [2.45, 2.75) is 6.42 Å². The number of thiophene rings is 1. The molecule has 0 radical (unpaired) electrons. The Morgan fingerprint density at radius 3 is 3.00 bits per heavy atom. The smallest absolute Gasteiger partial charge is 0.252 e. The van der Waals surface area contributed by atoms with Crippen LogP contribution in [0.2, 0.25) is 0 Å². The van der Waals surface area contributed by atoms with Crippen LogP contribution in [0.4, 0.5) is 0 Å². The van der Waals surface area contributed by atoms with Crippen LogP contribution < -0.4 is 5.32 Å². The van der Waals surface area contributed by atoms with E-state index in [9.17, 15) is 4.79 Å². The minimum absolute atomic E-state index is 0.00263. The molecule has 0 bridgehead atoms. The van der Waals surface area contributed by atoms with E-state index in [0.29, 0.717) is 12.1 Å². The molecule has 0 aliphatic carbocycles. The van der Waals surface area contributed by atoms with Gasteiger partial charge in [0.2, 0.25) is 0 Å². The SMILES string of the molecule is Cn1ccc(C(=O)NCCc2cccs2)c1. The molecule has 0 unspecified atom stereocenters. The fourth-order valence-electron chi connectivity index (χ4n) is 1.49. The zero-order valence-corrected chi connectivity index (χ0v) is 9.96. The van der Waals surface area contributed by atoms with Gasteiger partial charge in [-0.1, -0.05) is 6.07 Å². The number of rotatable bonds is 4. The molecule has 84 valence electrons. The summed E-state index contributed by atoms with van der Waals surface area (Å²) < 4.78 is 1.87. The van der Waals surface area contributed by atoms with Crippen LogP contribution >= 0.6 is 11.3 Å². The molecular weight excluding hydrogens is 220 g/mol. The number of nitrogens with zero attached hydrogens (tertiary/aromatic N) is 1. The number of hydrogen-bond donors (Lipinski definition) is 1. The van der Waals surface area contributed by atoms with Gasteiger partial charge in [-0.3, -0.25) is 4.79 Å². The van der Waals surface area contributed by atoms with E-state index in [1.807, 2.05) is 41.5 Å². The van der Waals surface area contributed by atoms with Crippen molar-refractivity contribution >= 4 is 17.2 Å². The molecule has 0 saturated heterocycles. The first kappa shape index (κ1) is 11.0. The quantitative estimate of drug-likeness (QED) is 0.863. The van der Waals surface area contributed by atoms with Crippen molar-refractivity contribution in [3.8, 4) is 0 Å². The molecule has 0 saturated carbocycles. The Balaban J connectivity index is 1.80. The first-order valence-electron chi connectivity index (χ1n) is 5.18. The maximum atomic E-state index is 11.7. The molecule has 2 aromatic rings. The van der Waals surface area contributed by atoms with Gasteiger partial charge in [0.15, 0.2) is 0 Å². The molecule has 0 spiro atoms. The first-order valence-corrected chi connectivity index (χ1v) is 6.06. The molecule has 2 aromatic heterocycles. The molecule has 1 amide bonds. The molecule has 1 N–H and O–H groups in total. The van der Waals surface area contributed by atoms with Gasteiger partial charge < -0.3 is 9.88 Å². The van der Waals surface area contributed by atoms with Crippen molar-refractivity contribution < 1.29 is 4.79 Å². The maximum Gasteiger partial charge on any atom is 0.252 e. The second kappa shape index (κ2) is 4.99. The van der Waals surface area contributed by atoms with E-state index >= 15 is 0 Å². The Morgan fingerprint density at radius 2 is 2.38 bits per heavy atom. The van der Waals surface area contributed by atoms with E-state index in [1.165, 1.54) is 4.88 Å². The van der Waals surface area contributed by atoms with Crippen molar-refractivity contribution in [1.82, 2.24) is 9.88 Å². The number of aryl methyl sites for hydroxylation is 1. The zero-order valence-electron chi connectivity index (χ0n) is 9.14. The van der Waals surface area contributed by atoms with Crippen molar-refractivity contribution in [1.29, 1.82) is 0 Å². The third-order valence-electron chi connectivity index (χ3n) is 2.33. The van der Waals surface area contributed by atoms with Crippen LogP contribution in [-0.4, -0.2) is 17.0 Å². The summed E-state index contributed by atoms with van der Waals surface area (Å²) >= 11 is 1.72. The predicted molar refractivity (Wildman–Crippen MR) is 65.8 cm³/mol. The van der Waals surface area contributed by atoms with Crippen molar-refractivity contribution in [3.05, 3.63) is 46.4 Å². The molecule has 2 heterocycles. The number of carbonyl (C=O) groups is 1. The lowest BCUT2D eigenvalue weighted by Gasteiger charge is -2.01. The van der Waals surface area contributed by atoms with E-state index < -0.39 is 0 Å². The maximum absolute atomic E-state index is 11.7. The molecular formula is C12H14N2OS. The Kier molecular flexibility index (Phi) is 3.41. The van der Waals surface area contributed by atoms with Gasteiger partial charge in [0.25, 0.3) is 5.91 Å². The fourth-order valence-corrected chi connectivity index (χ4v) is 2.20. The Bertz CT molecular complexity index is 459. The van der Waals surface area contributed by atoms with Crippen LogP contribution in [0.15, 0.2) is 36.0 Å². The van der Waals surface area contributed by atoms with Gasteiger partial charge in [0, 0.05) is 30.9 Å². The van der Waals surface area contributed by atoms with Gasteiger partial charge in [-0.2, -0.15) is 0 Å². The van der Waals surface area contributed by atoms with Crippen LogP contribution in [-0.2, 0) is 13.5 Å². The van der Waals surface area contributed by atoms with Crippen molar-refractivity contribution in [2.75, 3.05) is 6.54 Å². The Labute approximate surface area is 98.7 Å². The highest BCUT2D eigenvalue weighted by Gasteiger charge is 2.05. The highest BCUT2D eigenvalue weighted by Crippen LogP contribution is 2.08. The lowest BCUT2D eigenvalue weighted by molar-refractivity contribution is 0.0954. The van der Waals surface area contributed by atoms with Crippen LogP contribution in [0.25, 0.3) is 0 Å². The lowest BCUT2D eigenvalue weighted by Crippen LogP contribution is -2.25. The molecule has 0 aliphatic rings. The highest BCUT2D eigenvalue weighted by molar-refractivity contribution is 7.09. The summed E-state index contributed by atoms with van der Waals surface area (Å²) in [4.78, 5) is 13.0. The second-order valence-corrected chi connectivity index (χ2v) is 4.68. The summed E-state index contributed by atoms with van der Waals surface area (Å²) in [6, 6.07) is 5.93. The molecule has 0 atom stereocenters. The topological polar surface area (TPSA) is 34.0 Å². The van der Waals surface area contributed by atoms with E-state index in [2.05, 4.69) is 11.4 Å². The monoisotopic (exact) mass is 234 g/mol. The molecule has 3 nitrogen and oxygen atoms in total. The van der Waals surface area contributed by atoms with Crippen LogP contribution in [0.3, 0.4) is 0 Å². The Hall–Kier alpha value is -1.55. The zero-order chi connectivity index (χ0) is 11.4. The number of carbonyl (C=O) groups excluding carboxylic acids is 1. The first-order chi connectivity index (χ1) is 7.75. The van der Waals surface area contributed by atoms with Gasteiger partial charge in [0.1, 0.15) is 0 Å². The van der Waals surface area contributed by atoms with E-state index in [4.69, 9.17) is 0 Å². The second-order valence-electron chi connectivity index (χ2n) is 3.65. The van der Waals surface area contributed by atoms with Crippen molar-refractivity contribution in [2.24, 2.45) is 7.05 Å². The van der Waals surface area contributed by atoms with Gasteiger partial charge in [0.05, 0.1) is 5.56 Å². The minimum atomic E-state index is -0.00263. The van der Waals surface area contributed by atoms with Gasteiger partial charge in [-0.15, -0.1) is 11.3 Å². The third kappa shape index (κ3) is 2.73. The molecule has 0 aromatic carbocycles. The summed E-state index contributed by atoms with van der Waals surface area (Å²) in [6.07, 6.45) is 4.59.